The van der Waals surface area contributed by atoms with Gasteiger partial charge in [-0.2, -0.15) is 4.68 Å². The predicted molar refractivity (Wildman–Crippen MR) is 157 cm³/mol. The first kappa shape index (κ1) is 30.6. The summed E-state index contributed by atoms with van der Waals surface area (Å²) in [5.74, 6) is -0.822. The van der Waals surface area contributed by atoms with E-state index in [0.717, 1.165) is 27.3 Å². The zero-order chi connectivity index (χ0) is 30.4. The molecule has 0 atom stereocenters. The first-order valence-corrected chi connectivity index (χ1v) is 14.9. The van der Waals surface area contributed by atoms with Gasteiger partial charge in [-0.05, 0) is 53.2 Å². The summed E-state index contributed by atoms with van der Waals surface area (Å²) >= 11 is 7.29. The van der Waals surface area contributed by atoms with Crippen LogP contribution in [0.2, 0.25) is 5.02 Å². The van der Waals surface area contributed by atoms with E-state index in [0.29, 0.717) is 10.9 Å². The van der Waals surface area contributed by atoms with Crippen LogP contribution in [0.25, 0.3) is 5.69 Å². The van der Waals surface area contributed by atoms with Gasteiger partial charge in [-0.3, -0.25) is 24.7 Å². The van der Waals surface area contributed by atoms with Crippen molar-refractivity contribution >= 4 is 50.9 Å². The third-order valence-electron chi connectivity index (χ3n) is 5.98. The number of nitrogens with one attached hydrogen (secondary N) is 2. The Kier molecular flexibility index (Phi) is 9.55. The number of aryl methyl sites for hydroxylation is 1. The van der Waals surface area contributed by atoms with E-state index in [1.807, 2.05) is 31.2 Å². The Hall–Kier alpha value is -4.34. The number of hydrogen-bond donors (Lipinski definition) is 2. The van der Waals surface area contributed by atoms with Gasteiger partial charge in [-0.1, -0.05) is 47.6 Å². The first-order chi connectivity index (χ1) is 20.1. The van der Waals surface area contributed by atoms with Crippen LogP contribution in [-0.2, 0) is 14.8 Å². The summed E-state index contributed by atoms with van der Waals surface area (Å²) in [7, 11) is -0.00894. The molecule has 0 aliphatic carbocycles. The molecular formula is C26H26ClN7O6S2. The molecular weight excluding hydrogens is 606 g/mol. The molecule has 2 N–H and O–H groups in total. The van der Waals surface area contributed by atoms with E-state index in [9.17, 15) is 18.0 Å². The molecule has 4 aromatic rings. The van der Waals surface area contributed by atoms with Crippen molar-refractivity contribution in [2.45, 2.75) is 17.0 Å². The normalized spacial score (nSPS) is 11.1. The first-order valence-electron chi connectivity index (χ1n) is 12.1. The standard InChI is InChI=1S/C26H26ClN7O6S2/c1-16-8-5-6-11-20(16)34-26(30-31-32-34)41-15-24(35)28-29-25(36)17-9-7-10-18(12-17)42(37,38)33(2)21-13-19(27)22(39-3)14-23(21)40-4/h5-14H,15H2,1-4H3,(H,28,35)(H,29,36). The number of halogens is 1. The lowest BCUT2D eigenvalue weighted by Gasteiger charge is -2.23. The number of ether oxygens (including phenoxy) is 2. The maximum Gasteiger partial charge on any atom is 0.269 e. The van der Waals surface area contributed by atoms with Gasteiger partial charge in [-0.15, -0.1) is 5.10 Å². The molecule has 4 rings (SSSR count). The monoisotopic (exact) mass is 631 g/mol. The van der Waals surface area contributed by atoms with Crippen molar-refractivity contribution < 1.29 is 27.5 Å². The summed E-state index contributed by atoms with van der Waals surface area (Å²) in [4.78, 5) is 25.0. The van der Waals surface area contributed by atoms with Crippen molar-refractivity contribution in [2.24, 2.45) is 0 Å². The second kappa shape index (κ2) is 13.1. The van der Waals surface area contributed by atoms with Crippen LogP contribution in [0.4, 0.5) is 5.69 Å². The predicted octanol–water partition coefficient (Wildman–Crippen LogP) is 3.02. The minimum absolute atomic E-state index is 0.000604. The number of rotatable bonds is 10. The lowest BCUT2D eigenvalue weighted by Crippen LogP contribution is -2.42. The van der Waals surface area contributed by atoms with Crippen molar-refractivity contribution in [3.05, 3.63) is 76.8 Å². The molecule has 1 heterocycles. The topological polar surface area (TPSA) is 158 Å². The number of anilines is 1. The smallest absolute Gasteiger partial charge is 0.269 e. The number of benzene rings is 3. The van der Waals surface area contributed by atoms with Crippen LogP contribution in [0.5, 0.6) is 11.5 Å². The Balaban J connectivity index is 1.41. The number of aromatic nitrogens is 4. The van der Waals surface area contributed by atoms with Crippen molar-refractivity contribution in [1.29, 1.82) is 0 Å². The average Bonchev–Trinajstić information content (AvgIpc) is 3.46. The van der Waals surface area contributed by atoms with Gasteiger partial charge in [0.1, 0.15) is 11.5 Å². The number of sulfonamides is 1. The molecule has 0 saturated carbocycles. The van der Waals surface area contributed by atoms with E-state index >= 15 is 0 Å². The summed E-state index contributed by atoms with van der Waals surface area (Å²) in [5.41, 5.74) is 6.49. The SMILES string of the molecule is COc1cc(OC)c(N(C)S(=O)(=O)c2cccc(C(=O)NNC(=O)CSc3nnnn3-c3ccccc3C)c2)cc1Cl. The van der Waals surface area contributed by atoms with E-state index in [1.54, 1.807) is 0 Å². The molecule has 1 aromatic heterocycles. The molecule has 16 heteroatoms. The van der Waals surface area contributed by atoms with E-state index in [4.69, 9.17) is 21.1 Å². The highest BCUT2D eigenvalue weighted by Gasteiger charge is 2.26. The third-order valence-corrected chi connectivity index (χ3v) is 8.96. The number of carbonyl (C=O) groups excluding carboxylic acids is 2. The van der Waals surface area contributed by atoms with Gasteiger partial charge in [-0.25, -0.2) is 8.42 Å². The number of para-hydroxylation sites is 1. The van der Waals surface area contributed by atoms with Crippen molar-refractivity contribution in [3.8, 4) is 17.2 Å². The van der Waals surface area contributed by atoms with Gasteiger partial charge < -0.3 is 9.47 Å². The van der Waals surface area contributed by atoms with Gasteiger partial charge in [0.2, 0.25) is 11.1 Å². The molecule has 3 aromatic carbocycles. The lowest BCUT2D eigenvalue weighted by atomic mass is 10.2. The second-order valence-electron chi connectivity index (χ2n) is 8.61. The Labute approximate surface area is 251 Å². The molecule has 2 amide bonds. The Morgan fingerprint density at radius 3 is 2.48 bits per heavy atom. The Morgan fingerprint density at radius 1 is 1.02 bits per heavy atom. The molecule has 0 radical (unpaired) electrons. The number of nitrogens with zero attached hydrogens (tertiary/aromatic N) is 5. The fourth-order valence-electron chi connectivity index (χ4n) is 3.76. The molecule has 0 aliphatic rings. The van der Waals surface area contributed by atoms with Gasteiger partial charge >= 0.3 is 0 Å². The van der Waals surface area contributed by atoms with Gasteiger partial charge in [0.05, 0.1) is 41.3 Å². The van der Waals surface area contributed by atoms with Gasteiger partial charge in [0.15, 0.2) is 0 Å². The fraction of sp³-hybridized carbons (Fsp3) is 0.192. The van der Waals surface area contributed by atoms with Crippen molar-refractivity contribution in [1.82, 2.24) is 31.1 Å². The highest BCUT2D eigenvalue weighted by Crippen LogP contribution is 2.39. The maximum atomic E-state index is 13.4. The van der Waals surface area contributed by atoms with E-state index in [2.05, 4.69) is 26.4 Å². The van der Waals surface area contributed by atoms with Crippen LogP contribution < -0.4 is 24.6 Å². The number of hydrazine groups is 1. The van der Waals surface area contributed by atoms with Crippen LogP contribution in [-0.4, -0.2) is 67.5 Å². The third kappa shape index (κ3) is 6.58. The van der Waals surface area contributed by atoms with Crippen molar-refractivity contribution in [3.63, 3.8) is 0 Å². The van der Waals surface area contributed by atoms with Crippen LogP contribution >= 0.6 is 23.4 Å². The summed E-state index contributed by atoms with van der Waals surface area (Å²) in [6, 6.07) is 15.7. The second-order valence-corrected chi connectivity index (χ2v) is 11.9. The number of tetrazole rings is 1. The van der Waals surface area contributed by atoms with Crippen LogP contribution in [0, 0.1) is 6.92 Å². The molecule has 13 nitrogen and oxygen atoms in total. The molecule has 220 valence electrons. The largest absolute Gasteiger partial charge is 0.495 e. The molecule has 42 heavy (non-hydrogen) atoms. The van der Waals surface area contributed by atoms with Crippen LogP contribution in [0.15, 0.2) is 70.7 Å². The highest BCUT2D eigenvalue weighted by atomic mass is 35.5. The minimum Gasteiger partial charge on any atom is -0.495 e. The number of hydrogen-bond acceptors (Lipinski definition) is 10. The van der Waals surface area contributed by atoms with Gasteiger partial charge in [0.25, 0.3) is 15.9 Å². The van der Waals surface area contributed by atoms with E-state index in [1.165, 1.54) is 62.3 Å². The zero-order valence-electron chi connectivity index (χ0n) is 22.9. The Morgan fingerprint density at radius 2 is 1.76 bits per heavy atom. The quantitative estimate of drug-likeness (QED) is 0.197. The lowest BCUT2D eigenvalue weighted by molar-refractivity contribution is -0.119. The summed E-state index contributed by atoms with van der Waals surface area (Å²) in [5, 5.41) is 12.2. The zero-order valence-corrected chi connectivity index (χ0v) is 25.2. The molecule has 0 bridgehead atoms. The maximum absolute atomic E-state index is 13.4. The number of amides is 2. The minimum atomic E-state index is -4.15. The molecule has 0 unspecified atom stereocenters. The van der Waals surface area contributed by atoms with Gasteiger partial charge in [0, 0.05) is 18.7 Å². The summed E-state index contributed by atoms with van der Waals surface area (Å²) in [6.45, 7) is 1.91. The van der Waals surface area contributed by atoms with E-state index < -0.39 is 21.8 Å². The highest BCUT2D eigenvalue weighted by molar-refractivity contribution is 7.99. The van der Waals surface area contributed by atoms with Crippen LogP contribution in [0.3, 0.4) is 0 Å². The fourth-order valence-corrected chi connectivity index (χ4v) is 5.92. The number of methoxy groups -OCH3 is 2. The van der Waals surface area contributed by atoms with Crippen molar-refractivity contribution in [2.75, 3.05) is 31.3 Å². The number of thioether (sulfide) groups is 1. The number of carbonyl (C=O) groups is 2. The molecule has 0 fully saturated rings. The summed E-state index contributed by atoms with van der Waals surface area (Å²) in [6.07, 6.45) is 0. The molecule has 0 saturated heterocycles. The average molecular weight is 632 g/mol. The summed E-state index contributed by atoms with van der Waals surface area (Å²) < 4.78 is 39.9. The van der Waals surface area contributed by atoms with Crippen LogP contribution in [0.1, 0.15) is 15.9 Å². The van der Waals surface area contributed by atoms with E-state index in [-0.39, 0.29) is 32.7 Å². The Bertz CT molecular complexity index is 1730. The molecule has 0 spiro atoms. The molecule has 0 aliphatic heterocycles.